The molecular formula is C21H24N6O. The van der Waals surface area contributed by atoms with Gasteiger partial charge in [-0.05, 0) is 55.7 Å². The third-order valence-electron chi connectivity index (χ3n) is 5.58. The van der Waals surface area contributed by atoms with E-state index in [4.69, 9.17) is 0 Å². The first-order chi connectivity index (χ1) is 13.7. The van der Waals surface area contributed by atoms with Gasteiger partial charge in [0.25, 0.3) is 5.91 Å². The molecule has 0 saturated heterocycles. The highest BCUT2D eigenvalue weighted by Gasteiger charge is 2.26. The van der Waals surface area contributed by atoms with E-state index in [2.05, 4.69) is 43.5 Å². The van der Waals surface area contributed by atoms with Crippen molar-refractivity contribution in [3.05, 3.63) is 60.2 Å². The lowest BCUT2D eigenvalue weighted by Gasteiger charge is -2.28. The van der Waals surface area contributed by atoms with Gasteiger partial charge in [0.2, 0.25) is 0 Å². The predicted octanol–water partition coefficient (Wildman–Crippen LogP) is 3.27. The van der Waals surface area contributed by atoms with Crippen LogP contribution in [0.1, 0.15) is 53.3 Å². The van der Waals surface area contributed by atoms with Gasteiger partial charge in [0, 0.05) is 48.5 Å². The van der Waals surface area contributed by atoms with Gasteiger partial charge in [-0.2, -0.15) is 5.10 Å². The monoisotopic (exact) mass is 376 g/mol. The van der Waals surface area contributed by atoms with E-state index in [9.17, 15) is 4.79 Å². The summed E-state index contributed by atoms with van der Waals surface area (Å²) < 4.78 is 0. The summed E-state index contributed by atoms with van der Waals surface area (Å²) in [5, 5.41) is 10.5. The minimum Gasteiger partial charge on any atom is -0.350 e. The molecule has 3 heterocycles. The maximum Gasteiger partial charge on any atom is 0.271 e. The molecule has 0 spiro atoms. The number of nitrogens with one attached hydrogen (secondary N) is 2. The Hall–Kier alpha value is -3.09. The smallest absolute Gasteiger partial charge is 0.271 e. The Morgan fingerprint density at radius 3 is 2.64 bits per heavy atom. The molecule has 0 unspecified atom stereocenters. The zero-order chi connectivity index (χ0) is 19.3. The summed E-state index contributed by atoms with van der Waals surface area (Å²) in [6.45, 7) is 2.76. The Morgan fingerprint density at radius 2 is 1.89 bits per heavy atom. The number of aromatic amines is 1. The van der Waals surface area contributed by atoms with Gasteiger partial charge >= 0.3 is 0 Å². The van der Waals surface area contributed by atoms with Crippen LogP contribution in [-0.4, -0.2) is 37.6 Å². The molecule has 144 valence electrons. The molecule has 1 amide bonds. The summed E-state index contributed by atoms with van der Waals surface area (Å²) in [5.74, 6) is 0.808. The van der Waals surface area contributed by atoms with Crippen molar-refractivity contribution in [1.29, 1.82) is 0 Å². The number of aromatic nitrogens is 5. The molecule has 7 heteroatoms. The van der Waals surface area contributed by atoms with Crippen molar-refractivity contribution in [3.8, 4) is 11.1 Å². The van der Waals surface area contributed by atoms with Crippen LogP contribution in [0.4, 0.5) is 0 Å². The van der Waals surface area contributed by atoms with E-state index in [0.717, 1.165) is 31.2 Å². The summed E-state index contributed by atoms with van der Waals surface area (Å²) in [6.07, 6.45) is 14.6. The Morgan fingerprint density at radius 1 is 1.07 bits per heavy atom. The van der Waals surface area contributed by atoms with E-state index < -0.39 is 0 Å². The van der Waals surface area contributed by atoms with Gasteiger partial charge in [0.05, 0.1) is 12.4 Å². The molecule has 7 nitrogen and oxygen atoms in total. The SMILES string of the molecule is Cc1cnccc1-c1cn[nH]c1C1CCC(CNC(=O)c2cnccn2)CC1. The second-order valence-corrected chi connectivity index (χ2v) is 7.41. The maximum absolute atomic E-state index is 12.1. The van der Waals surface area contributed by atoms with E-state index in [1.807, 2.05) is 18.6 Å². The molecule has 0 atom stereocenters. The quantitative estimate of drug-likeness (QED) is 0.712. The fraction of sp³-hybridized carbons (Fsp3) is 0.381. The minimum atomic E-state index is -0.153. The number of nitrogens with zero attached hydrogens (tertiary/aromatic N) is 4. The fourth-order valence-corrected chi connectivity index (χ4v) is 4.00. The third kappa shape index (κ3) is 3.93. The first-order valence-corrected chi connectivity index (χ1v) is 9.71. The Kier molecular flexibility index (Phi) is 5.41. The van der Waals surface area contributed by atoms with Crippen LogP contribution in [0, 0.1) is 12.8 Å². The topological polar surface area (TPSA) is 96.5 Å². The van der Waals surface area contributed by atoms with Crippen LogP contribution in [-0.2, 0) is 0 Å². The van der Waals surface area contributed by atoms with Crippen molar-refractivity contribution in [2.24, 2.45) is 5.92 Å². The zero-order valence-corrected chi connectivity index (χ0v) is 15.9. The first kappa shape index (κ1) is 18.3. The second-order valence-electron chi connectivity index (χ2n) is 7.41. The molecule has 0 bridgehead atoms. The molecule has 2 N–H and O–H groups in total. The van der Waals surface area contributed by atoms with Gasteiger partial charge in [0.1, 0.15) is 5.69 Å². The van der Waals surface area contributed by atoms with Crippen LogP contribution in [0.15, 0.2) is 43.2 Å². The van der Waals surface area contributed by atoms with Gasteiger partial charge in [-0.25, -0.2) is 4.98 Å². The highest BCUT2D eigenvalue weighted by molar-refractivity contribution is 5.91. The molecule has 0 aromatic carbocycles. The second kappa shape index (κ2) is 8.29. The number of carbonyl (C=O) groups is 1. The van der Waals surface area contributed by atoms with Crippen LogP contribution in [0.2, 0.25) is 0 Å². The van der Waals surface area contributed by atoms with Crippen molar-refractivity contribution in [3.63, 3.8) is 0 Å². The van der Waals surface area contributed by atoms with Crippen molar-refractivity contribution in [1.82, 2.24) is 30.5 Å². The van der Waals surface area contributed by atoms with Crippen LogP contribution in [0.25, 0.3) is 11.1 Å². The lowest BCUT2D eigenvalue weighted by molar-refractivity contribution is 0.0937. The Bertz CT molecular complexity index is 931. The number of aryl methyl sites for hydroxylation is 1. The molecular weight excluding hydrogens is 352 g/mol. The average molecular weight is 376 g/mol. The fourth-order valence-electron chi connectivity index (χ4n) is 4.00. The predicted molar refractivity (Wildman–Crippen MR) is 106 cm³/mol. The van der Waals surface area contributed by atoms with Crippen LogP contribution >= 0.6 is 0 Å². The van der Waals surface area contributed by atoms with Crippen LogP contribution in [0.5, 0.6) is 0 Å². The van der Waals surface area contributed by atoms with Gasteiger partial charge < -0.3 is 5.32 Å². The molecule has 3 aromatic heterocycles. The van der Waals surface area contributed by atoms with E-state index in [0.29, 0.717) is 24.1 Å². The summed E-state index contributed by atoms with van der Waals surface area (Å²) in [5.41, 5.74) is 5.12. The molecule has 1 aliphatic rings. The third-order valence-corrected chi connectivity index (χ3v) is 5.58. The first-order valence-electron chi connectivity index (χ1n) is 9.71. The number of carbonyl (C=O) groups excluding carboxylic acids is 1. The van der Waals surface area contributed by atoms with E-state index in [1.54, 1.807) is 6.20 Å². The normalized spacial score (nSPS) is 19.3. The summed E-state index contributed by atoms with van der Waals surface area (Å²) in [6, 6.07) is 2.05. The van der Waals surface area contributed by atoms with Crippen molar-refractivity contribution >= 4 is 5.91 Å². The molecule has 0 aliphatic heterocycles. The number of hydrogen-bond acceptors (Lipinski definition) is 5. The van der Waals surface area contributed by atoms with E-state index in [1.165, 1.54) is 29.2 Å². The number of hydrogen-bond donors (Lipinski definition) is 2. The number of pyridine rings is 1. The summed E-state index contributed by atoms with van der Waals surface area (Å²) >= 11 is 0. The number of rotatable bonds is 5. The Balaban J connectivity index is 1.35. The molecule has 1 saturated carbocycles. The maximum atomic E-state index is 12.1. The molecule has 3 aromatic rings. The van der Waals surface area contributed by atoms with Crippen molar-refractivity contribution in [2.75, 3.05) is 6.54 Å². The van der Waals surface area contributed by atoms with Crippen molar-refractivity contribution < 1.29 is 4.79 Å². The molecule has 4 rings (SSSR count). The molecule has 1 fully saturated rings. The van der Waals surface area contributed by atoms with Gasteiger partial charge in [-0.15, -0.1) is 0 Å². The molecule has 0 radical (unpaired) electrons. The van der Waals surface area contributed by atoms with E-state index >= 15 is 0 Å². The lowest BCUT2D eigenvalue weighted by Crippen LogP contribution is -2.31. The minimum absolute atomic E-state index is 0.153. The average Bonchev–Trinajstić information content (AvgIpc) is 3.23. The van der Waals surface area contributed by atoms with Crippen molar-refractivity contribution in [2.45, 2.75) is 38.5 Å². The van der Waals surface area contributed by atoms with Gasteiger partial charge in [-0.3, -0.25) is 19.9 Å². The van der Waals surface area contributed by atoms with Crippen LogP contribution < -0.4 is 5.32 Å². The largest absolute Gasteiger partial charge is 0.350 e. The molecule has 28 heavy (non-hydrogen) atoms. The van der Waals surface area contributed by atoms with Crippen LogP contribution in [0.3, 0.4) is 0 Å². The van der Waals surface area contributed by atoms with E-state index in [-0.39, 0.29) is 5.91 Å². The number of H-pyrrole nitrogens is 1. The van der Waals surface area contributed by atoms with Gasteiger partial charge in [0.15, 0.2) is 0 Å². The Labute approximate surface area is 164 Å². The summed E-state index contributed by atoms with van der Waals surface area (Å²) in [4.78, 5) is 24.3. The zero-order valence-electron chi connectivity index (χ0n) is 15.9. The lowest BCUT2D eigenvalue weighted by atomic mass is 9.79. The highest BCUT2D eigenvalue weighted by Crippen LogP contribution is 2.39. The van der Waals surface area contributed by atoms with Gasteiger partial charge in [-0.1, -0.05) is 0 Å². The number of amides is 1. The highest BCUT2D eigenvalue weighted by atomic mass is 16.1. The molecule has 1 aliphatic carbocycles. The summed E-state index contributed by atoms with van der Waals surface area (Å²) in [7, 11) is 0. The standard InChI is InChI=1S/C21H24N6O/c1-14-10-22-7-6-17(14)18-12-26-27-20(18)16-4-2-15(3-5-16)11-25-21(28)19-13-23-8-9-24-19/h6-10,12-13,15-16H,2-5,11H2,1H3,(H,25,28)(H,26,27).